The van der Waals surface area contributed by atoms with Crippen LogP contribution in [0.2, 0.25) is 0 Å². The summed E-state index contributed by atoms with van der Waals surface area (Å²) in [6, 6.07) is 1.06. The van der Waals surface area contributed by atoms with E-state index in [1.54, 1.807) is 0 Å². The van der Waals surface area contributed by atoms with Crippen molar-refractivity contribution in [3.8, 4) is 0 Å². The highest BCUT2D eigenvalue weighted by Gasteiger charge is 2.25. The van der Waals surface area contributed by atoms with Crippen molar-refractivity contribution in [2.75, 3.05) is 19.6 Å². The highest BCUT2D eigenvalue weighted by molar-refractivity contribution is 7.11. The van der Waals surface area contributed by atoms with Crippen LogP contribution in [0.4, 0.5) is 0 Å². The van der Waals surface area contributed by atoms with Crippen LogP contribution in [-0.4, -0.2) is 35.6 Å². The summed E-state index contributed by atoms with van der Waals surface area (Å²) in [5, 5.41) is 4.92. The summed E-state index contributed by atoms with van der Waals surface area (Å²) in [6.45, 7) is 12.5. The molecule has 1 saturated heterocycles. The Morgan fingerprint density at radius 3 is 2.83 bits per heavy atom. The van der Waals surface area contributed by atoms with Crippen LogP contribution in [-0.2, 0) is 0 Å². The molecule has 0 spiro atoms. The molecule has 2 unspecified atom stereocenters. The first-order valence-corrected chi connectivity index (χ1v) is 7.79. The molecule has 4 heteroatoms. The Bertz CT molecular complexity index is 375. The monoisotopic (exact) mass is 267 g/mol. The van der Waals surface area contributed by atoms with Crippen LogP contribution in [0.5, 0.6) is 0 Å². The third kappa shape index (κ3) is 3.31. The van der Waals surface area contributed by atoms with Crippen LogP contribution in [0.25, 0.3) is 0 Å². The van der Waals surface area contributed by atoms with Gasteiger partial charge in [-0.15, -0.1) is 11.3 Å². The highest BCUT2D eigenvalue weighted by Crippen LogP contribution is 2.26. The fraction of sp³-hybridized carbons (Fsp3) is 0.786. The van der Waals surface area contributed by atoms with Gasteiger partial charge in [-0.05, 0) is 32.7 Å². The first-order valence-electron chi connectivity index (χ1n) is 6.97. The lowest BCUT2D eigenvalue weighted by Crippen LogP contribution is -2.42. The molecule has 1 aromatic heterocycles. The third-order valence-electron chi connectivity index (χ3n) is 3.81. The van der Waals surface area contributed by atoms with Crippen molar-refractivity contribution in [2.45, 2.75) is 46.2 Å². The van der Waals surface area contributed by atoms with E-state index in [0.717, 1.165) is 13.1 Å². The molecule has 18 heavy (non-hydrogen) atoms. The predicted octanol–water partition coefficient (Wildman–Crippen LogP) is 2.83. The van der Waals surface area contributed by atoms with Crippen molar-refractivity contribution in [1.29, 1.82) is 0 Å². The first kappa shape index (κ1) is 14.0. The summed E-state index contributed by atoms with van der Waals surface area (Å²) in [5.41, 5.74) is 0. The van der Waals surface area contributed by atoms with Crippen LogP contribution in [0.3, 0.4) is 0 Å². The van der Waals surface area contributed by atoms with E-state index in [1.165, 1.54) is 22.9 Å². The SMILES string of the molecule is Cc1cnc(C(C)N2CCCNC(C(C)C)C2)s1. The standard InChI is InChI=1S/C14H25N3S/c1-10(2)13-9-17(7-5-6-15-13)12(4)14-16-8-11(3)18-14/h8,10,12-13,15H,5-7,9H2,1-4H3. The normalized spacial score (nSPS) is 24.2. The molecule has 0 radical (unpaired) electrons. The summed E-state index contributed by atoms with van der Waals surface area (Å²) in [4.78, 5) is 8.44. The minimum absolute atomic E-state index is 0.449. The molecule has 1 N–H and O–H groups in total. The average Bonchev–Trinajstić information content (AvgIpc) is 2.63. The summed E-state index contributed by atoms with van der Waals surface area (Å²) in [6.07, 6.45) is 3.23. The van der Waals surface area contributed by atoms with E-state index in [9.17, 15) is 0 Å². The second kappa shape index (κ2) is 6.13. The number of thiazole rings is 1. The number of hydrogen-bond acceptors (Lipinski definition) is 4. The van der Waals surface area contributed by atoms with E-state index < -0.39 is 0 Å². The smallest absolute Gasteiger partial charge is 0.110 e. The number of nitrogens with one attached hydrogen (secondary N) is 1. The largest absolute Gasteiger partial charge is 0.312 e. The Labute approximate surface area is 115 Å². The van der Waals surface area contributed by atoms with Crippen molar-refractivity contribution < 1.29 is 0 Å². The van der Waals surface area contributed by atoms with Crippen LogP contribution < -0.4 is 5.32 Å². The molecule has 1 fully saturated rings. The summed E-state index contributed by atoms with van der Waals surface area (Å²) in [7, 11) is 0. The molecule has 0 bridgehead atoms. The predicted molar refractivity (Wildman–Crippen MR) is 78.1 cm³/mol. The maximum atomic E-state index is 4.55. The summed E-state index contributed by atoms with van der Waals surface area (Å²) < 4.78 is 0. The molecular weight excluding hydrogens is 242 g/mol. The van der Waals surface area contributed by atoms with E-state index in [-0.39, 0.29) is 0 Å². The molecule has 1 aromatic rings. The molecule has 1 aliphatic heterocycles. The summed E-state index contributed by atoms with van der Waals surface area (Å²) in [5.74, 6) is 0.691. The Kier molecular flexibility index (Phi) is 4.76. The molecule has 0 amide bonds. The molecular formula is C14H25N3S. The van der Waals surface area contributed by atoms with Gasteiger partial charge < -0.3 is 5.32 Å². The van der Waals surface area contributed by atoms with Crippen LogP contribution in [0.15, 0.2) is 6.20 Å². The van der Waals surface area contributed by atoms with Crippen LogP contribution >= 0.6 is 11.3 Å². The zero-order chi connectivity index (χ0) is 13.1. The van der Waals surface area contributed by atoms with Gasteiger partial charge in [-0.25, -0.2) is 4.98 Å². The van der Waals surface area contributed by atoms with E-state index in [1.807, 2.05) is 17.5 Å². The van der Waals surface area contributed by atoms with Gasteiger partial charge in [-0.2, -0.15) is 0 Å². The number of rotatable bonds is 3. The molecule has 2 atom stereocenters. The zero-order valence-corrected chi connectivity index (χ0v) is 12.8. The maximum Gasteiger partial charge on any atom is 0.110 e. The Morgan fingerprint density at radius 1 is 1.44 bits per heavy atom. The van der Waals surface area contributed by atoms with Crippen LogP contribution in [0, 0.1) is 12.8 Å². The van der Waals surface area contributed by atoms with E-state index in [4.69, 9.17) is 0 Å². The Hall–Kier alpha value is -0.450. The summed E-state index contributed by atoms with van der Waals surface area (Å²) >= 11 is 1.83. The molecule has 1 aliphatic rings. The first-order chi connectivity index (χ1) is 8.58. The molecule has 102 valence electrons. The Balaban J connectivity index is 2.06. The lowest BCUT2D eigenvalue weighted by molar-refractivity contribution is 0.192. The number of aryl methyl sites for hydroxylation is 1. The molecule has 2 heterocycles. The lowest BCUT2D eigenvalue weighted by atomic mass is 10.0. The minimum Gasteiger partial charge on any atom is -0.312 e. The van der Waals surface area contributed by atoms with Gasteiger partial charge in [0.15, 0.2) is 0 Å². The fourth-order valence-electron chi connectivity index (χ4n) is 2.50. The van der Waals surface area contributed by atoms with E-state index >= 15 is 0 Å². The van der Waals surface area contributed by atoms with Gasteiger partial charge in [-0.3, -0.25) is 4.90 Å². The van der Waals surface area contributed by atoms with Gasteiger partial charge in [-0.1, -0.05) is 13.8 Å². The van der Waals surface area contributed by atoms with Crippen molar-refractivity contribution in [3.05, 3.63) is 16.1 Å². The molecule has 0 aliphatic carbocycles. The van der Waals surface area contributed by atoms with E-state index in [0.29, 0.717) is 18.0 Å². The zero-order valence-electron chi connectivity index (χ0n) is 11.9. The van der Waals surface area contributed by atoms with Gasteiger partial charge in [0.2, 0.25) is 0 Å². The van der Waals surface area contributed by atoms with Gasteiger partial charge in [0, 0.05) is 30.2 Å². The second-order valence-corrected chi connectivity index (χ2v) is 6.90. The number of nitrogens with zero attached hydrogens (tertiary/aromatic N) is 2. The van der Waals surface area contributed by atoms with Crippen molar-refractivity contribution >= 4 is 11.3 Å². The van der Waals surface area contributed by atoms with Crippen molar-refractivity contribution in [2.24, 2.45) is 5.92 Å². The quantitative estimate of drug-likeness (QED) is 0.913. The van der Waals surface area contributed by atoms with E-state index in [2.05, 4.69) is 42.9 Å². The van der Waals surface area contributed by atoms with Gasteiger partial charge in [0.05, 0.1) is 6.04 Å². The molecule has 2 rings (SSSR count). The lowest BCUT2D eigenvalue weighted by Gasteiger charge is -2.30. The van der Waals surface area contributed by atoms with Gasteiger partial charge in [0.25, 0.3) is 0 Å². The van der Waals surface area contributed by atoms with Gasteiger partial charge >= 0.3 is 0 Å². The van der Waals surface area contributed by atoms with Crippen molar-refractivity contribution in [1.82, 2.24) is 15.2 Å². The van der Waals surface area contributed by atoms with Crippen molar-refractivity contribution in [3.63, 3.8) is 0 Å². The van der Waals surface area contributed by atoms with Crippen LogP contribution in [0.1, 0.15) is 43.1 Å². The number of hydrogen-bond donors (Lipinski definition) is 1. The molecule has 0 aromatic carbocycles. The molecule has 3 nitrogen and oxygen atoms in total. The van der Waals surface area contributed by atoms with Gasteiger partial charge in [0.1, 0.15) is 5.01 Å². The average molecular weight is 267 g/mol. The molecule has 0 saturated carbocycles. The fourth-order valence-corrected chi connectivity index (χ4v) is 3.36. The Morgan fingerprint density at radius 2 is 2.22 bits per heavy atom. The second-order valence-electron chi connectivity index (χ2n) is 5.64. The topological polar surface area (TPSA) is 28.2 Å². The highest BCUT2D eigenvalue weighted by atomic mass is 32.1. The minimum atomic E-state index is 0.449. The third-order valence-corrected chi connectivity index (χ3v) is 4.89. The number of aromatic nitrogens is 1. The maximum absolute atomic E-state index is 4.55.